The van der Waals surface area contributed by atoms with Gasteiger partial charge < -0.3 is 9.73 Å². The first-order valence-electron chi connectivity index (χ1n) is 9.48. The number of nitrogens with one attached hydrogen (secondary N) is 1. The lowest BCUT2D eigenvalue weighted by atomic mass is 10.1. The Morgan fingerprint density at radius 1 is 0.931 bits per heavy atom. The number of oxazole rings is 1. The Kier molecular flexibility index (Phi) is 4.80. The largest absolute Gasteiger partial charge is 0.420 e. The van der Waals surface area contributed by atoms with E-state index in [1.807, 2.05) is 63.2 Å². The SMILES string of the molecule is Cc1ccc(Cn2c(=O)oc3ccc(C(=O)Nc4ccc(C)cc4C)cc32)cc1. The molecular weight excluding hydrogens is 364 g/mol. The molecule has 29 heavy (non-hydrogen) atoms. The zero-order chi connectivity index (χ0) is 20.5. The average Bonchev–Trinajstić information content (AvgIpc) is 3.00. The van der Waals surface area contributed by atoms with Crippen molar-refractivity contribution >= 4 is 22.7 Å². The van der Waals surface area contributed by atoms with Crippen LogP contribution in [0, 0.1) is 20.8 Å². The second-order valence-corrected chi connectivity index (χ2v) is 7.39. The Balaban J connectivity index is 1.66. The van der Waals surface area contributed by atoms with Gasteiger partial charge in [0.1, 0.15) is 0 Å². The molecule has 3 aromatic carbocycles. The molecule has 0 aliphatic heterocycles. The Labute approximate surface area is 168 Å². The number of anilines is 1. The number of nitrogens with zero attached hydrogens (tertiary/aromatic N) is 1. The summed E-state index contributed by atoms with van der Waals surface area (Å²) in [5.41, 5.74) is 6.59. The number of carbonyl (C=O) groups is 1. The molecule has 1 heterocycles. The van der Waals surface area contributed by atoms with E-state index in [9.17, 15) is 9.59 Å². The van der Waals surface area contributed by atoms with Gasteiger partial charge in [0.15, 0.2) is 5.58 Å². The summed E-state index contributed by atoms with van der Waals surface area (Å²) >= 11 is 0. The van der Waals surface area contributed by atoms with Crippen LogP contribution in [0.25, 0.3) is 11.1 Å². The summed E-state index contributed by atoms with van der Waals surface area (Å²) in [6, 6.07) is 18.9. The van der Waals surface area contributed by atoms with Crippen molar-refractivity contribution in [2.75, 3.05) is 5.32 Å². The quantitative estimate of drug-likeness (QED) is 0.547. The predicted molar refractivity (Wildman–Crippen MR) is 115 cm³/mol. The molecule has 1 amide bonds. The summed E-state index contributed by atoms with van der Waals surface area (Å²) in [5.74, 6) is -0.665. The van der Waals surface area contributed by atoms with E-state index in [0.717, 1.165) is 27.9 Å². The molecule has 5 heteroatoms. The molecule has 0 atom stereocenters. The highest BCUT2D eigenvalue weighted by Crippen LogP contribution is 2.20. The minimum absolute atomic E-state index is 0.227. The number of benzene rings is 3. The van der Waals surface area contributed by atoms with Crippen molar-refractivity contribution in [1.29, 1.82) is 0 Å². The monoisotopic (exact) mass is 386 g/mol. The van der Waals surface area contributed by atoms with Gasteiger partial charge in [0, 0.05) is 11.3 Å². The molecule has 0 fully saturated rings. The third-order valence-corrected chi connectivity index (χ3v) is 5.02. The Morgan fingerprint density at radius 3 is 2.38 bits per heavy atom. The highest BCUT2D eigenvalue weighted by atomic mass is 16.4. The smallest absolute Gasteiger partial charge is 0.408 e. The third kappa shape index (κ3) is 3.85. The standard InChI is InChI=1S/C24H22N2O3/c1-15-4-7-18(8-5-15)14-26-21-13-19(9-11-22(21)29-24(26)28)23(27)25-20-10-6-16(2)12-17(20)3/h4-13H,14H2,1-3H3,(H,25,27). The van der Waals surface area contributed by atoms with Crippen LogP contribution >= 0.6 is 0 Å². The fourth-order valence-corrected chi connectivity index (χ4v) is 3.38. The molecule has 5 nitrogen and oxygen atoms in total. The van der Waals surface area contributed by atoms with Crippen LogP contribution in [0.2, 0.25) is 0 Å². The summed E-state index contributed by atoms with van der Waals surface area (Å²) in [6.07, 6.45) is 0. The molecule has 1 aromatic heterocycles. The van der Waals surface area contributed by atoms with E-state index in [1.165, 1.54) is 0 Å². The zero-order valence-electron chi connectivity index (χ0n) is 16.7. The summed E-state index contributed by atoms with van der Waals surface area (Å²) in [4.78, 5) is 25.1. The minimum Gasteiger partial charge on any atom is -0.408 e. The fourth-order valence-electron chi connectivity index (χ4n) is 3.38. The van der Waals surface area contributed by atoms with E-state index in [4.69, 9.17) is 4.42 Å². The lowest BCUT2D eigenvalue weighted by molar-refractivity contribution is 0.102. The summed E-state index contributed by atoms with van der Waals surface area (Å²) < 4.78 is 6.91. The van der Waals surface area contributed by atoms with Crippen LogP contribution in [-0.4, -0.2) is 10.5 Å². The maximum absolute atomic E-state index is 12.8. The predicted octanol–water partition coefficient (Wildman–Crippen LogP) is 4.82. The summed E-state index contributed by atoms with van der Waals surface area (Å²) in [7, 11) is 0. The topological polar surface area (TPSA) is 64.2 Å². The van der Waals surface area contributed by atoms with Crippen molar-refractivity contribution in [3.63, 3.8) is 0 Å². The van der Waals surface area contributed by atoms with Gasteiger partial charge in [-0.05, 0) is 56.2 Å². The number of hydrogen-bond donors (Lipinski definition) is 1. The molecule has 0 aliphatic carbocycles. The van der Waals surface area contributed by atoms with Crippen LogP contribution in [0.4, 0.5) is 5.69 Å². The van der Waals surface area contributed by atoms with Gasteiger partial charge in [-0.3, -0.25) is 9.36 Å². The highest BCUT2D eigenvalue weighted by Gasteiger charge is 2.14. The molecule has 0 radical (unpaired) electrons. The van der Waals surface area contributed by atoms with E-state index >= 15 is 0 Å². The van der Waals surface area contributed by atoms with Gasteiger partial charge >= 0.3 is 5.76 Å². The minimum atomic E-state index is -0.437. The van der Waals surface area contributed by atoms with Crippen molar-refractivity contribution < 1.29 is 9.21 Å². The van der Waals surface area contributed by atoms with Gasteiger partial charge in [-0.15, -0.1) is 0 Å². The Hall–Kier alpha value is -3.60. The summed E-state index contributed by atoms with van der Waals surface area (Å²) in [5, 5.41) is 2.94. The van der Waals surface area contributed by atoms with Crippen molar-refractivity contribution in [2.24, 2.45) is 0 Å². The van der Waals surface area contributed by atoms with E-state index in [2.05, 4.69) is 5.32 Å². The zero-order valence-corrected chi connectivity index (χ0v) is 16.7. The lowest BCUT2D eigenvalue weighted by Crippen LogP contribution is -2.16. The number of carbonyl (C=O) groups excluding carboxylic acids is 1. The first kappa shape index (κ1) is 18.7. The van der Waals surface area contributed by atoms with Gasteiger partial charge in [0.2, 0.25) is 0 Å². The average molecular weight is 386 g/mol. The normalized spacial score (nSPS) is 11.0. The number of aromatic nitrogens is 1. The van der Waals surface area contributed by atoms with E-state index in [1.54, 1.807) is 22.8 Å². The van der Waals surface area contributed by atoms with Gasteiger partial charge in [-0.25, -0.2) is 4.79 Å². The fraction of sp³-hybridized carbons (Fsp3) is 0.167. The summed E-state index contributed by atoms with van der Waals surface area (Å²) in [6.45, 7) is 6.37. The second-order valence-electron chi connectivity index (χ2n) is 7.39. The van der Waals surface area contributed by atoms with Crippen LogP contribution in [0.3, 0.4) is 0 Å². The lowest BCUT2D eigenvalue weighted by Gasteiger charge is -2.09. The van der Waals surface area contributed by atoms with Crippen molar-refractivity contribution in [3.8, 4) is 0 Å². The Morgan fingerprint density at radius 2 is 1.66 bits per heavy atom. The molecule has 4 rings (SSSR count). The van der Waals surface area contributed by atoms with Crippen LogP contribution in [0.5, 0.6) is 0 Å². The molecule has 0 aliphatic rings. The molecule has 0 saturated carbocycles. The number of rotatable bonds is 4. The molecular formula is C24H22N2O3. The van der Waals surface area contributed by atoms with E-state index < -0.39 is 5.76 Å². The molecule has 0 saturated heterocycles. The van der Waals surface area contributed by atoms with Crippen LogP contribution in [-0.2, 0) is 6.54 Å². The highest BCUT2D eigenvalue weighted by molar-refractivity contribution is 6.06. The van der Waals surface area contributed by atoms with Crippen LogP contribution in [0.1, 0.15) is 32.6 Å². The van der Waals surface area contributed by atoms with Gasteiger partial charge in [-0.2, -0.15) is 0 Å². The molecule has 146 valence electrons. The molecule has 0 spiro atoms. The maximum Gasteiger partial charge on any atom is 0.420 e. The van der Waals surface area contributed by atoms with E-state index in [0.29, 0.717) is 23.2 Å². The van der Waals surface area contributed by atoms with Crippen LogP contribution in [0.15, 0.2) is 69.9 Å². The molecule has 0 unspecified atom stereocenters. The van der Waals surface area contributed by atoms with Gasteiger partial charge in [-0.1, -0.05) is 47.5 Å². The first-order valence-corrected chi connectivity index (χ1v) is 9.48. The van der Waals surface area contributed by atoms with Crippen molar-refractivity contribution in [3.05, 3.63) is 99.0 Å². The van der Waals surface area contributed by atoms with Crippen molar-refractivity contribution in [1.82, 2.24) is 4.57 Å². The number of amides is 1. The number of fused-ring (bicyclic) bond motifs is 1. The van der Waals surface area contributed by atoms with Crippen LogP contribution < -0.4 is 11.1 Å². The molecule has 4 aromatic rings. The first-order chi connectivity index (χ1) is 13.9. The van der Waals surface area contributed by atoms with Gasteiger partial charge in [0.05, 0.1) is 12.1 Å². The Bertz CT molecular complexity index is 1260. The van der Waals surface area contributed by atoms with Crippen molar-refractivity contribution in [2.45, 2.75) is 27.3 Å². The second kappa shape index (κ2) is 7.43. The molecule has 0 bridgehead atoms. The molecule has 1 N–H and O–H groups in total. The maximum atomic E-state index is 12.8. The van der Waals surface area contributed by atoms with E-state index in [-0.39, 0.29) is 5.91 Å². The number of hydrogen-bond acceptors (Lipinski definition) is 3. The van der Waals surface area contributed by atoms with Gasteiger partial charge in [0.25, 0.3) is 5.91 Å². The third-order valence-electron chi connectivity index (χ3n) is 5.02. The number of aryl methyl sites for hydroxylation is 3.